The zero-order valence-corrected chi connectivity index (χ0v) is 6.50. The number of rotatable bonds is 1. The fourth-order valence-electron chi connectivity index (χ4n) is 0. The Bertz CT molecular complexity index is 64.0. The summed E-state index contributed by atoms with van der Waals surface area (Å²) in [6, 6.07) is 0. The van der Waals surface area contributed by atoms with Gasteiger partial charge in [-0.25, -0.2) is 0 Å². The average Bonchev–Trinajstić information content (AvgIpc) is 1.38. The van der Waals surface area contributed by atoms with Crippen molar-refractivity contribution < 1.29 is 21.3 Å². The maximum atomic E-state index is 9.61. The molecule has 7 radical (unpaired) electrons. The SMILES string of the molecule is C=CC(=O)[Si].[Ni].[Si]. The van der Waals surface area contributed by atoms with Gasteiger partial charge in [0.15, 0.2) is 0 Å². The number of allylic oxidation sites excluding steroid dienone is 1. The number of hydrogen-bond donors (Lipinski definition) is 0. The summed E-state index contributed by atoms with van der Waals surface area (Å²) in [5, 5.41) is -0.176. The van der Waals surface area contributed by atoms with Gasteiger partial charge in [0.1, 0.15) is 15.6 Å². The van der Waals surface area contributed by atoms with Crippen LogP contribution in [-0.2, 0) is 21.3 Å². The van der Waals surface area contributed by atoms with E-state index in [4.69, 9.17) is 0 Å². The predicted molar refractivity (Wildman–Crippen MR) is 26.7 cm³/mol. The van der Waals surface area contributed by atoms with E-state index < -0.39 is 0 Å². The molecule has 0 aromatic carbocycles. The summed E-state index contributed by atoms with van der Waals surface area (Å²) in [5.74, 6) is 0. The monoisotopic (exact) mass is 169 g/mol. The molecule has 0 spiro atoms. The molecule has 0 bridgehead atoms. The van der Waals surface area contributed by atoms with Crippen molar-refractivity contribution >= 4 is 26.6 Å². The summed E-state index contributed by atoms with van der Waals surface area (Å²) < 4.78 is 0. The first-order valence-electron chi connectivity index (χ1n) is 1.15. The number of hydrogen-bond acceptors (Lipinski definition) is 1. The Kier molecular flexibility index (Phi) is 21.5. The first kappa shape index (κ1) is 15.7. The molecule has 0 saturated heterocycles. The van der Waals surface area contributed by atoms with Gasteiger partial charge in [-0.15, -0.1) is 0 Å². The molecular formula is C3H3NiOSi2. The van der Waals surface area contributed by atoms with Crippen molar-refractivity contribution in [2.75, 3.05) is 0 Å². The third-order valence-corrected chi connectivity index (χ3v) is 0.390. The zero-order chi connectivity index (χ0) is 4.28. The van der Waals surface area contributed by atoms with Crippen LogP contribution in [-0.4, -0.2) is 26.6 Å². The van der Waals surface area contributed by atoms with E-state index in [9.17, 15) is 4.79 Å². The standard InChI is InChI=1S/C3H3OSi.Ni.Si/c1-2-3(4)5;;/h2H,1H2;;. The van der Waals surface area contributed by atoms with Gasteiger partial charge < -0.3 is 4.79 Å². The van der Waals surface area contributed by atoms with Gasteiger partial charge in [0.05, 0.1) is 0 Å². The maximum absolute atomic E-state index is 9.61. The second-order valence-electron chi connectivity index (χ2n) is 0.568. The van der Waals surface area contributed by atoms with E-state index in [0.717, 1.165) is 0 Å². The van der Waals surface area contributed by atoms with E-state index in [0.29, 0.717) is 0 Å². The smallest absolute Gasteiger partial charge is 0.132 e. The summed E-state index contributed by atoms with van der Waals surface area (Å²) in [7, 11) is 2.66. The molecule has 0 aliphatic rings. The van der Waals surface area contributed by atoms with Crippen molar-refractivity contribution in [1.29, 1.82) is 0 Å². The van der Waals surface area contributed by atoms with Crippen LogP contribution in [0, 0.1) is 0 Å². The first-order chi connectivity index (χ1) is 2.27. The molecule has 0 heterocycles. The van der Waals surface area contributed by atoms with Gasteiger partial charge in [0.25, 0.3) is 0 Å². The largest absolute Gasteiger partial charge is 0.302 e. The molecule has 0 N–H and O–H groups in total. The van der Waals surface area contributed by atoms with Crippen LogP contribution in [0.3, 0.4) is 0 Å². The van der Waals surface area contributed by atoms with Gasteiger partial charge in [0.2, 0.25) is 0 Å². The van der Waals surface area contributed by atoms with Crippen LogP contribution in [0.15, 0.2) is 12.7 Å². The minimum atomic E-state index is -0.176. The normalized spacial score (nSPS) is 4.71. The molecule has 1 nitrogen and oxygen atoms in total. The van der Waals surface area contributed by atoms with E-state index in [2.05, 4.69) is 16.8 Å². The van der Waals surface area contributed by atoms with Crippen molar-refractivity contribution in [1.82, 2.24) is 0 Å². The Balaban J connectivity index is -0.0000000800. The van der Waals surface area contributed by atoms with Crippen molar-refractivity contribution in [3.05, 3.63) is 12.7 Å². The summed E-state index contributed by atoms with van der Waals surface area (Å²) in [6.07, 6.45) is 1.19. The van der Waals surface area contributed by atoms with Gasteiger partial charge in [-0.3, -0.25) is 0 Å². The molecule has 39 valence electrons. The van der Waals surface area contributed by atoms with Crippen LogP contribution in [0.1, 0.15) is 0 Å². The van der Waals surface area contributed by atoms with Crippen LogP contribution in [0.4, 0.5) is 0 Å². The predicted octanol–water partition coefficient (Wildman–Crippen LogP) is -0.516. The molecule has 0 aliphatic carbocycles. The minimum absolute atomic E-state index is 0. The molecule has 4 heteroatoms. The first-order valence-corrected chi connectivity index (χ1v) is 1.65. The average molecular weight is 170 g/mol. The van der Waals surface area contributed by atoms with Gasteiger partial charge >= 0.3 is 0 Å². The van der Waals surface area contributed by atoms with Crippen molar-refractivity contribution in [2.45, 2.75) is 0 Å². The second kappa shape index (κ2) is 9.60. The number of carbonyl (C=O) groups excluding carboxylic acids is 1. The van der Waals surface area contributed by atoms with Crippen LogP contribution < -0.4 is 0 Å². The molecule has 0 aliphatic heterocycles. The van der Waals surface area contributed by atoms with Crippen molar-refractivity contribution in [2.24, 2.45) is 0 Å². The molecule has 0 aromatic rings. The molecule has 0 aromatic heterocycles. The molecular weight excluding hydrogens is 167 g/mol. The summed E-state index contributed by atoms with van der Waals surface area (Å²) >= 11 is 0. The van der Waals surface area contributed by atoms with E-state index in [1.54, 1.807) is 0 Å². The fraction of sp³-hybridized carbons (Fsp3) is 0. The Labute approximate surface area is 60.9 Å². The van der Waals surface area contributed by atoms with E-state index in [-0.39, 0.29) is 32.9 Å². The Morgan fingerprint density at radius 3 is 1.86 bits per heavy atom. The Morgan fingerprint density at radius 1 is 1.71 bits per heavy atom. The zero-order valence-electron chi connectivity index (χ0n) is 3.51. The molecule has 0 amide bonds. The Morgan fingerprint density at radius 2 is 1.86 bits per heavy atom. The van der Waals surface area contributed by atoms with Crippen LogP contribution >= 0.6 is 0 Å². The van der Waals surface area contributed by atoms with E-state index >= 15 is 0 Å². The van der Waals surface area contributed by atoms with Crippen molar-refractivity contribution in [3.63, 3.8) is 0 Å². The Hall–Kier alpha value is 0.337. The summed E-state index contributed by atoms with van der Waals surface area (Å²) in [5.41, 5.74) is 0. The van der Waals surface area contributed by atoms with E-state index in [1.807, 2.05) is 0 Å². The molecule has 0 saturated carbocycles. The van der Waals surface area contributed by atoms with E-state index in [1.165, 1.54) is 6.08 Å². The molecule has 0 atom stereocenters. The van der Waals surface area contributed by atoms with Crippen LogP contribution in [0.5, 0.6) is 0 Å². The van der Waals surface area contributed by atoms with Crippen molar-refractivity contribution in [3.8, 4) is 0 Å². The number of carbonyl (C=O) groups is 1. The second-order valence-corrected chi connectivity index (χ2v) is 1.06. The molecule has 0 rings (SSSR count). The summed E-state index contributed by atoms with van der Waals surface area (Å²) in [6.45, 7) is 3.16. The quantitative estimate of drug-likeness (QED) is 0.382. The maximum Gasteiger partial charge on any atom is 0.132 e. The van der Waals surface area contributed by atoms with Crippen LogP contribution in [0.2, 0.25) is 0 Å². The molecule has 7 heavy (non-hydrogen) atoms. The van der Waals surface area contributed by atoms with Gasteiger partial charge in [-0.05, 0) is 6.08 Å². The van der Waals surface area contributed by atoms with Crippen LogP contribution in [0.25, 0.3) is 0 Å². The molecule has 0 unspecified atom stereocenters. The van der Waals surface area contributed by atoms with Gasteiger partial charge in [-0.2, -0.15) is 0 Å². The fourth-order valence-corrected chi connectivity index (χ4v) is 0. The molecule has 0 fully saturated rings. The third-order valence-electron chi connectivity index (χ3n) is 0.185. The van der Waals surface area contributed by atoms with Gasteiger partial charge in [-0.1, -0.05) is 6.58 Å². The van der Waals surface area contributed by atoms with Gasteiger partial charge in [0, 0.05) is 27.5 Å². The minimum Gasteiger partial charge on any atom is -0.302 e. The summed E-state index contributed by atoms with van der Waals surface area (Å²) in [4.78, 5) is 9.61. The third kappa shape index (κ3) is 21.8. The topological polar surface area (TPSA) is 17.1 Å².